The zero-order valence-corrected chi connectivity index (χ0v) is 12.9. The average Bonchev–Trinajstić information content (AvgIpc) is 2.74. The molecule has 0 aliphatic carbocycles. The summed E-state index contributed by atoms with van der Waals surface area (Å²) in [6, 6.07) is 13.7. The summed E-state index contributed by atoms with van der Waals surface area (Å²) in [4.78, 5) is 4.40. The van der Waals surface area contributed by atoms with E-state index in [-0.39, 0.29) is 0 Å². The lowest BCUT2D eigenvalue weighted by Crippen LogP contribution is -2.03. The third kappa shape index (κ3) is 2.02. The van der Waals surface area contributed by atoms with Crippen LogP contribution in [0.15, 0.2) is 36.4 Å². The molecule has 4 nitrogen and oxygen atoms in total. The van der Waals surface area contributed by atoms with Gasteiger partial charge in [-0.15, -0.1) is 0 Å². The van der Waals surface area contributed by atoms with Crippen molar-refractivity contribution in [1.82, 2.24) is 9.55 Å². The lowest BCUT2D eigenvalue weighted by molar-refractivity contribution is 1.09. The molecular weight excluding hydrogens is 363 g/mol. The molecule has 0 unspecified atom stereocenters. The molecule has 0 saturated heterocycles. The van der Waals surface area contributed by atoms with Gasteiger partial charge in [-0.25, -0.2) is 4.98 Å². The topological polar surface area (TPSA) is 67.6 Å². The monoisotopic (exact) mass is 374 g/mol. The molecule has 1 aromatic heterocycles. The molecular formula is C15H11IN4. The van der Waals surface area contributed by atoms with Crippen LogP contribution in [0.25, 0.3) is 16.7 Å². The molecule has 2 N–H and O–H groups in total. The molecule has 0 spiro atoms. The molecule has 0 atom stereocenters. The smallest absolute Gasteiger partial charge is 0.205 e. The summed E-state index contributed by atoms with van der Waals surface area (Å²) >= 11 is 2.25. The summed E-state index contributed by atoms with van der Waals surface area (Å²) < 4.78 is 3.00. The van der Waals surface area contributed by atoms with Crippen molar-refractivity contribution in [2.45, 2.75) is 6.92 Å². The Hall–Kier alpha value is -2.07. The number of nitrogens with zero attached hydrogens (tertiary/aromatic N) is 3. The predicted octanol–water partition coefficient (Wildman–Crippen LogP) is 3.39. The van der Waals surface area contributed by atoms with Crippen LogP contribution in [0.2, 0.25) is 0 Å². The van der Waals surface area contributed by atoms with E-state index in [1.54, 1.807) is 6.07 Å². The van der Waals surface area contributed by atoms with Crippen LogP contribution in [0.4, 0.5) is 5.95 Å². The van der Waals surface area contributed by atoms with E-state index in [0.717, 1.165) is 25.9 Å². The summed E-state index contributed by atoms with van der Waals surface area (Å²) in [7, 11) is 0. The number of rotatable bonds is 1. The SMILES string of the molecule is Cc1ccc(C#N)cc1-n1c(N)nc2cc(I)ccc21. The second-order valence-electron chi connectivity index (χ2n) is 4.55. The van der Waals surface area contributed by atoms with Gasteiger partial charge in [-0.05, 0) is 65.4 Å². The Morgan fingerprint density at radius 3 is 2.80 bits per heavy atom. The van der Waals surface area contributed by atoms with Crippen LogP contribution in [-0.4, -0.2) is 9.55 Å². The lowest BCUT2D eigenvalue weighted by Gasteiger charge is -2.10. The predicted molar refractivity (Wildman–Crippen MR) is 87.7 cm³/mol. The molecule has 0 fully saturated rings. The molecule has 5 heteroatoms. The number of hydrogen-bond acceptors (Lipinski definition) is 3. The number of hydrogen-bond donors (Lipinski definition) is 1. The van der Waals surface area contributed by atoms with E-state index in [1.807, 2.05) is 41.8 Å². The van der Waals surface area contributed by atoms with Gasteiger partial charge in [0, 0.05) is 3.57 Å². The van der Waals surface area contributed by atoms with Crippen LogP contribution in [0.3, 0.4) is 0 Å². The second-order valence-corrected chi connectivity index (χ2v) is 5.80. The van der Waals surface area contributed by atoms with Crippen LogP contribution < -0.4 is 5.73 Å². The number of benzene rings is 2. The van der Waals surface area contributed by atoms with Crippen LogP contribution >= 0.6 is 22.6 Å². The average molecular weight is 374 g/mol. The minimum Gasteiger partial charge on any atom is -0.369 e. The lowest BCUT2D eigenvalue weighted by atomic mass is 10.1. The fourth-order valence-electron chi connectivity index (χ4n) is 2.25. The molecule has 20 heavy (non-hydrogen) atoms. The third-order valence-corrected chi connectivity index (χ3v) is 3.89. The van der Waals surface area contributed by atoms with Crippen molar-refractivity contribution in [3.63, 3.8) is 0 Å². The fraction of sp³-hybridized carbons (Fsp3) is 0.0667. The first-order valence-electron chi connectivity index (χ1n) is 6.05. The first-order chi connectivity index (χ1) is 9.60. The molecule has 0 aliphatic heterocycles. The number of halogens is 1. The quantitative estimate of drug-likeness (QED) is 0.664. The highest BCUT2D eigenvalue weighted by molar-refractivity contribution is 14.1. The maximum atomic E-state index is 9.06. The molecule has 0 amide bonds. The van der Waals surface area contributed by atoms with Crippen molar-refractivity contribution in [3.05, 3.63) is 51.1 Å². The van der Waals surface area contributed by atoms with Crippen molar-refractivity contribution in [1.29, 1.82) is 5.26 Å². The normalized spacial score (nSPS) is 10.7. The Labute approximate surface area is 130 Å². The summed E-state index contributed by atoms with van der Waals surface area (Å²) in [5.41, 5.74) is 10.4. The highest BCUT2D eigenvalue weighted by atomic mass is 127. The van der Waals surface area contributed by atoms with Crippen LogP contribution in [0.5, 0.6) is 0 Å². The Balaban J connectivity index is 2.35. The summed E-state index contributed by atoms with van der Waals surface area (Å²) in [6.07, 6.45) is 0. The van der Waals surface area contributed by atoms with Gasteiger partial charge in [0.2, 0.25) is 5.95 Å². The number of aromatic nitrogens is 2. The molecule has 0 radical (unpaired) electrons. The maximum Gasteiger partial charge on any atom is 0.205 e. The Morgan fingerprint density at radius 2 is 2.05 bits per heavy atom. The molecule has 0 saturated carbocycles. The number of nitriles is 1. The van der Waals surface area contributed by atoms with Crippen LogP contribution in [-0.2, 0) is 0 Å². The van der Waals surface area contributed by atoms with Crippen molar-refractivity contribution in [3.8, 4) is 11.8 Å². The maximum absolute atomic E-state index is 9.06. The number of fused-ring (bicyclic) bond motifs is 1. The van der Waals surface area contributed by atoms with Gasteiger partial charge in [0.25, 0.3) is 0 Å². The van der Waals surface area contributed by atoms with E-state index >= 15 is 0 Å². The first kappa shape index (κ1) is 12.9. The largest absolute Gasteiger partial charge is 0.369 e. The summed E-state index contributed by atoms with van der Waals surface area (Å²) in [6.45, 7) is 1.99. The Kier molecular flexibility index (Phi) is 3.10. The third-order valence-electron chi connectivity index (χ3n) is 3.22. The molecule has 0 aliphatic rings. The number of nitrogen functional groups attached to an aromatic ring is 1. The molecule has 0 bridgehead atoms. The van der Waals surface area contributed by atoms with Crippen molar-refractivity contribution < 1.29 is 0 Å². The Bertz CT molecular complexity index is 858. The fourth-order valence-corrected chi connectivity index (χ4v) is 2.72. The van der Waals surface area contributed by atoms with E-state index in [1.165, 1.54) is 0 Å². The second kappa shape index (κ2) is 4.80. The summed E-state index contributed by atoms with van der Waals surface area (Å²) in [5.74, 6) is 0.431. The molecule has 3 rings (SSSR count). The van der Waals surface area contributed by atoms with Crippen LogP contribution in [0.1, 0.15) is 11.1 Å². The van der Waals surface area contributed by atoms with Crippen molar-refractivity contribution in [2.75, 3.05) is 5.73 Å². The van der Waals surface area contributed by atoms with Gasteiger partial charge < -0.3 is 5.73 Å². The van der Waals surface area contributed by atoms with E-state index in [4.69, 9.17) is 11.0 Å². The summed E-state index contributed by atoms with van der Waals surface area (Å²) in [5, 5.41) is 9.06. The minimum atomic E-state index is 0.431. The van der Waals surface area contributed by atoms with Crippen molar-refractivity contribution >= 4 is 39.6 Å². The minimum absolute atomic E-state index is 0.431. The number of aryl methyl sites for hydroxylation is 1. The number of imidazole rings is 1. The molecule has 2 aromatic carbocycles. The van der Waals surface area contributed by atoms with Gasteiger partial charge in [0.1, 0.15) is 0 Å². The van der Waals surface area contributed by atoms with Gasteiger partial charge in [0.05, 0.1) is 28.4 Å². The van der Waals surface area contributed by atoms with Crippen molar-refractivity contribution in [2.24, 2.45) is 0 Å². The van der Waals surface area contributed by atoms with Gasteiger partial charge in [-0.3, -0.25) is 4.57 Å². The number of nitrogens with two attached hydrogens (primary N) is 1. The van der Waals surface area contributed by atoms with Crippen LogP contribution in [0, 0.1) is 21.8 Å². The highest BCUT2D eigenvalue weighted by Gasteiger charge is 2.12. The van der Waals surface area contributed by atoms with Gasteiger partial charge in [-0.1, -0.05) is 6.07 Å². The highest BCUT2D eigenvalue weighted by Crippen LogP contribution is 2.26. The first-order valence-corrected chi connectivity index (χ1v) is 7.12. The standard InChI is InChI=1S/C15H11IN4/c1-9-2-3-10(8-17)6-14(9)20-13-5-4-11(16)7-12(13)19-15(20)18/h2-7H,1H3,(H2,18,19). The Morgan fingerprint density at radius 1 is 1.25 bits per heavy atom. The molecule has 3 aromatic rings. The van der Waals surface area contributed by atoms with E-state index in [2.05, 4.69) is 33.6 Å². The van der Waals surface area contributed by atoms with Gasteiger partial charge in [-0.2, -0.15) is 5.26 Å². The zero-order valence-electron chi connectivity index (χ0n) is 10.8. The van der Waals surface area contributed by atoms with E-state index < -0.39 is 0 Å². The van der Waals surface area contributed by atoms with Gasteiger partial charge in [0.15, 0.2) is 0 Å². The van der Waals surface area contributed by atoms with E-state index in [9.17, 15) is 0 Å². The van der Waals surface area contributed by atoms with E-state index in [0.29, 0.717) is 11.5 Å². The molecule has 98 valence electrons. The number of anilines is 1. The zero-order chi connectivity index (χ0) is 14.3. The van der Waals surface area contributed by atoms with Gasteiger partial charge >= 0.3 is 0 Å². The molecule has 1 heterocycles.